The van der Waals surface area contributed by atoms with Crippen molar-refractivity contribution >= 4 is 5.97 Å². The maximum atomic E-state index is 11.6. The summed E-state index contributed by atoms with van der Waals surface area (Å²) in [6.45, 7) is 4.31. The van der Waals surface area contributed by atoms with Crippen molar-refractivity contribution in [2.24, 2.45) is 5.92 Å². The number of allylic oxidation sites excluding steroid dienone is 1. The molecule has 2 N–H and O–H groups in total. The van der Waals surface area contributed by atoms with E-state index in [1.54, 1.807) is 6.08 Å². The molecule has 0 saturated carbocycles. The average Bonchev–Trinajstić information content (AvgIpc) is 2.45. The van der Waals surface area contributed by atoms with Crippen LogP contribution in [0.2, 0.25) is 0 Å². The lowest BCUT2D eigenvalue weighted by Crippen LogP contribution is -2.47. The van der Waals surface area contributed by atoms with Crippen molar-refractivity contribution in [1.82, 2.24) is 10.6 Å². The van der Waals surface area contributed by atoms with E-state index in [1.165, 1.54) is 13.2 Å². The third kappa shape index (κ3) is 2.66. The van der Waals surface area contributed by atoms with Crippen molar-refractivity contribution in [3.63, 3.8) is 0 Å². The predicted molar refractivity (Wildman–Crippen MR) is 72.0 cm³/mol. The van der Waals surface area contributed by atoms with Crippen LogP contribution in [0.25, 0.3) is 0 Å². The number of rotatable bonds is 4. The van der Waals surface area contributed by atoms with Gasteiger partial charge in [0.05, 0.1) is 18.0 Å². The Labute approximate surface area is 116 Å². The molecule has 0 saturated heterocycles. The lowest BCUT2D eigenvalue weighted by molar-refractivity contribution is -0.422. The zero-order valence-electron chi connectivity index (χ0n) is 11.2. The van der Waals surface area contributed by atoms with Crippen molar-refractivity contribution in [3.05, 3.63) is 45.9 Å². The third-order valence-electron chi connectivity index (χ3n) is 3.40. The van der Waals surface area contributed by atoms with Crippen LogP contribution < -0.4 is 10.6 Å². The normalized spacial score (nSPS) is 24.8. The average molecular weight is 279 g/mol. The van der Waals surface area contributed by atoms with Gasteiger partial charge in [-0.15, -0.1) is 6.58 Å². The molecule has 1 aliphatic heterocycles. The molecule has 0 aromatic carbocycles. The highest BCUT2D eigenvalue weighted by Gasteiger charge is 2.36. The van der Waals surface area contributed by atoms with E-state index in [4.69, 9.17) is 0 Å². The molecule has 0 amide bonds. The minimum atomic E-state index is -0.621. The van der Waals surface area contributed by atoms with Gasteiger partial charge in [0.25, 0.3) is 5.70 Å². The van der Waals surface area contributed by atoms with Crippen molar-refractivity contribution in [2.75, 3.05) is 13.7 Å². The predicted octanol–water partition coefficient (Wildman–Crippen LogP) is 0.689. The Hall–Kier alpha value is -2.31. The summed E-state index contributed by atoms with van der Waals surface area (Å²) < 4.78 is 4.67. The molecule has 2 aliphatic rings. The topological polar surface area (TPSA) is 93.5 Å². The second-order valence-corrected chi connectivity index (χ2v) is 4.74. The Bertz CT molecular complexity index is 510. The quantitative estimate of drug-likeness (QED) is 0.340. The molecule has 0 spiro atoms. The third-order valence-corrected chi connectivity index (χ3v) is 3.40. The number of methoxy groups -OCH3 is 1. The number of hydrogen-bond donors (Lipinski definition) is 2. The fraction of sp³-hybridized carbons (Fsp3) is 0.462. The Balaban J connectivity index is 2.28. The lowest BCUT2D eigenvalue weighted by Gasteiger charge is -2.32. The molecular formula is C13H17N3O4. The number of carbonyl (C=O) groups excluding carboxylic acids is 1. The first-order valence-corrected chi connectivity index (χ1v) is 6.35. The van der Waals surface area contributed by atoms with E-state index in [2.05, 4.69) is 21.9 Å². The molecule has 1 aliphatic carbocycles. The van der Waals surface area contributed by atoms with Gasteiger partial charge in [0.2, 0.25) is 0 Å². The van der Waals surface area contributed by atoms with Crippen LogP contribution in [-0.2, 0) is 9.53 Å². The van der Waals surface area contributed by atoms with Crippen molar-refractivity contribution < 1.29 is 14.5 Å². The van der Waals surface area contributed by atoms with Crippen molar-refractivity contribution in [3.8, 4) is 0 Å². The van der Waals surface area contributed by atoms with Gasteiger partial charge in [0.1, 0.15) is 5.70 Å². The Morgan fingerprint density at radius 1 is 1.70 bits per heavy atom. The van der Waals surface area contributed by atoms with E-state index >= 15 is 0 Å². The van der Waals surface area contributed by atoms with Gasteiger partial charge in [-0.25, -0.2) is 0 Å². The number of nitrogens with one attached hydrogen (secondary N) is 2. The van der Waals surface area contributed by atoms with Gasteiger partial charge < -0.3 is 15.4 Å². The summed E-state index contributed by atoms with van der Waals surface area (Å²) in [5, 5.41) is 17.5. The van der Waals surface area contributed by atoms with Crippen LogP contribution in [0.3, 0.4) is 0 Å². The van der Waals surface area contributed by atoms with Gasteiger partial charge in [0, 0.05) is 30.8 Å². The Morgan fingerprint density at radius 3 is 3.05 bits per heavy atom. The summed E-state index contributed by atoms with van der Waals surface area (Å²) in [7, 11) is 1.28. The highest BCUT2D eigenvalue weighted by atomic mass is 16.6. The SMILES string of the molecule is C=CC[C@H]1CNC2=C(N1)C([N+](=O)[O-])=CC(C(=O)OC)C2. The fourth-order valence-electron chi connectivity index (χ4n) is 2.43. The number of nitro groups is 1. The largest absolute Gasteiger partial charge is 0.469 e. The van der Waals surface area contributed by atoms with E-state index in [9.17, 15) is 14.9 Å². The summed E-state index contributed by atoms with van der Waals surface area (Å²) in [5.41, 5.74) is 1.08. The van der Waals surface area contributed by atoms with Gasteiger partial charge in [0.15, 0.2) is 0 Å². The van der Waals surface area contributed by atoms with Crippen LogP contribution in [0, 0.1) is 16.0 Å². The summed E-state index contributed by atoms with van der Waals surface area (Å²) in [5.74, 6) is -1.09. The van der Waals surface area contributed by atoms with Gasteiger partial charge in [-0.3, -0.25) is 14.9 Å². The van der Waals surface area contributed by atoms with Gasteiger partial charge >= 0.3 is 5.97 Å². The molecule has 7 heteroatoms. The van der Waals surface area contributed by atoms with Crippen LogP contribution in [0.15, 0.2) is 35.8 Å². The summed E-state index contributed by atoms with van der Waals surface area (Å²) in [4.78, 5) is 22.3. The number of nitrogens with zero attached hydrogens (tertiary/aromatic N) is 1. The molecule has 0 bridgehead atoms. The van der Waals surface area contributed by atoms with Gasteiger partial charge in [-0.2, -0.15) is 0 Å². The lowest BCUT2D eigenvalue weighted by atomic mass is 9.92. The molecule has 0 fully saturated rings. The van der Waals surface area contributed by atoms with Crippen LogP contribution in [0.4, 0.5) is 0 Å². The smallest absolute Gasteiger partial charge is 0.313 e. The molecule has 20 heavy (non-hydrogen) atoms. The molecule has 1 heterocycles. The minimum absolute atomic E-state index is 0.0595. The minimum Gasteiger partial charge on any atom is -0.469 e. The second-order valence-electron chi connectivity index (χ2n) is 4.74. The number of esters is 1. The van der Waals surface area contributed by atoms with E-state index in [0.29, 0.717) is 30.8 Å². The molecule has 7 nitrogen and oxygen atoms in total. The maximum absolute atomic E-state index is 11.6. The van der Waals surface area contributed by atoms with E-state index in [0.717, 1.165) is 0 Å². The summed E-state index contributed by atoms with van der Waals surface area (Å²) in [6.07, 6.45) is 4.21. The molecule has 1 unspecified atom stereocenters. The number of hydrogen-bond acceptors (Lipinski definition) is 6. The molecule has 108 valence electrons. The monoisotopic (exact) mass is 279 g/mol. The van der Waals surface area contributed by atoms with E-state index in [1.807, 2.05) is 0 Å². The molecular weight excluding hydrogens is 262 g/mol. The zero-order valence-corrected chi connectivity index (χ0v) is 11.2. The highest BCUT2D eigenvalue weighted by Crippen LogP contribution is 2.29. The van der Waals surface area contributed by atoms with E-state index < -0.39 is 16.8 Å². The maximum Gasteiger partial charge on any atom is 0.313 e. The van der Waals surface area contributed by atoms with E-state index in [-0.39, 0.29) is 11.7 Å². The summed E-state index contributed by atoms with van der Waals surface area (Å²) >= 11 is 0. The van der Waals surface area contributed by atoms with Gasteiger partial charge in [-0.05, 0) is 6.42 Å². The Kier molecular flexibility index (Phi) is 4.07. The first kappa shape index (κ1) is 14.1. The van der Waals surface area contributed by atoms with Gasteiger partial charge in [-0.1, -0.05) is 6.08 Å². The summed E-state index contributed by atoms with van der Waals surface area (Å²) in [6, 6.07) is 0.0595. The molecule has 2 atom stereocenters. The van der Waals surface area contributed by atoms with Crippen molar-refractivity contribution in [2.45, 2.75) is 18.9 Å². The molecule has 0 aromatic heterocycles. The fourth-order valence-corrected chi connectivity index (χ4v) is 2.43. The molecule has 2 rings (SSSR count). The standard InChI is InChI=1S/C13H17N3O4/c1-3-4-9-7-14-10-5-8(13(17)20-2)6-11(16(18)19)12(10)15-9/h3,6,8-9,14-15H,1,4-5,7H2,2H3/t8?,9-/m0/s1. The van der Waals surface area contributed by atoms with Crippen LogP contribution >= 0.6 is 0 Å². The number of carbonyl (C=O) groups is 1. The first-order chi connectivity index (χ1) is 9.56. The molecule has 0 aromatic rings. The van der Waals surface area contributed by atoms with Crippen LogP contribution in [0.5, 0.6) is 0 Å². The van der Waals surface area contributed by atoms with Crippen molar-refractivity contribution in [1.29, 1.82) is 0 Å². The van der Waals surface area contributed by atoms with Crippen LogP contribution in [0.1, 0.15) is 12.8 Å². The molecule has 0 radical (unpaired) electrons. The van der Waals surface area contributed by atoms with Crippen LogP contribution in [-0.4, -0.2) is 30.6 Å². The number of ether oxygens (including phenoxy) is 1. The second kappa shape index (κ2) is 5.77. The zero-order chi connectivity index (χ0) is 14.7. The Morgan fingerprint density at radius 2 is 2.45 bits per heavy atom. The highest BCUT2D eigenvalue weighted by molar-refractivity contribution is 5.75. The first-order valence-electron chi connectivity index (χ1n) is 6.35.